The Morgan fingerprint density at radius 3 is 2.80 bits per heavy atom. The Morgan fingerprint density at radius 2 is 2.27 bits per heavy atom. The van der Waals surface area contributed by atoms with Gasteiger partial charge in [0.15, 0.2) is 11.5 Å². The van der Waals surface area contributed by atoms with Crippen molar-refractivity contribution < 1.29 is 14.3 Å². The molecule has 0 saturated heterocycles. The summed E-state index contributed by atoms with van der Waals surface area (Å²) in [6.45, 7) is 1.85. The first kappa shape index (κ1) is 11.7. The van der Waals surface area contributed by atoms with Crippen LogP contribution in [-0.2, 0) is 11.8 Å². The minimum absolute atomic E-state index is 0.0267. The van der Waals surface area contributed by atoms with Crippen LogP contribution < -0.4 is 4.74 Å². The van der Waals surface area contributed by atoms with E-state index >= 15 is 0 Å². The van der Waals surface area contributed by atoms with Gasteiger partial charge >= 0.3 is 0 Å². The van der Waals surface area contributed by atoms with E-state index in [1.807, 2.05) is 6.92 Å². The van der Waals surface area contributed by atoms with Crippen molar-refractivity contribution in [2.24, 2.45) is 7.05 Å². The van der Waals surface area contributed by atoms with E-state index in [0.717, 1.165) is 0 Å². The second-order valence-electron chi connectivity index (χ2n) is 3.36. The molecule has 0 saturated carbocycles. The maximum absolute atomic E-state index is 11.9. The molecule has 1 aromatic heterocycles. The standard InChI is InChI=1S/C10H16N2O3/c1-7(14-3)5-8(13)10-9(15-4)6-11-12(10)2/h6-7H,5H2,1-4H3. The maximum atomic E-state index is 11.9. The molecule has 0 fully saturated rings. The van der Waals surface area contributed by atoms with E-state index in [1.165, 1.54) is 18.0 Å². The summed E-state index contributed by atoms with van der Waals surface area (Å²) in [6, 6.07) is 0. The van der Waals surface area contributed by atoms with Crippen LogP contribution >= 0.6 is 0 Å². The predicted molar refractivity (Wildman–Crippen MR) is 55.2 cm³/mol. The summed E-state index contributed by atoms with van der Waals surface area (Å²) in [5.41, 5.74) is 0.487. The summed E-state index contributed by atoms with van der Waals surface area (Å²) in [5.74, 6) is 0.479. The minimum atomic E-state index is -0.0999. The molecule has 0 amide bonds. The first-order valence-corrected chi connectivity index (χ1v) is 4.72. The molecule has 0 aliphatic rings. The molecule has 1 unspecified atom stereocenters. The highest BCUT2D eigenvalue weighted by Crippen LogP contribution is 2.19. The summed E-state index contributed by atoms with van der Waals surface area (Å²) in [7, 11) is 4.82. The van der Waals surface area contributed by atoms with Gasteiger partial charge < -0.3 is 9.47 Å². The number of nitrogens with zero attached hydrogens (tertiary/aromatic N) is 2. The largest absolute Gasteiger partial charge is 0.493 e. The monoisotopic (exact) mass is 212 g/mol. The van der Waals surface area contributed by atoms with Gasteiger partial charge in [-0.15, -0.1) is 0 Å². The number of methoxy groups -OCH3 is 2. The van der Waals surface area contributed by atoms with Crippen LogP contribution in [0.1, 0.15) is 23.8 Å². The van der Waals surface area contributed by atoms with Crippen LogP contribution in [0.5, 0.6) is 5.75 Å². The normalized spacial score (nSPS) is 12.5. The molecule has 5 nitrogen and oxygen atoms in total. The Balaban J connectivity index is 2.85. The van der Waals surface area contributed by atoms with Crippen LogP contribution in [0.4, 0.5) is 0 Å². The molecule has 1 heterocycles. The molecule has 0 N–H and O–H groups in total. The van der Waals surface area contributed by atoms with Gasteiger partial charge in [-0.25, -0.2) is 0 Å². The van der Waals surface area contributed by atoms with Crippen molar-refractivity contribution in [1.82, 2.24) is 9.78 Å². The van der Waals surface area contributed by atoms with Crippen molar-refractivity contribution in [2.45, 2.75) is 19.4 Å². The first-order chi connectivity index (χ1) is 7.10. The van der Waals surface area contributed by atoms with Gasteiger partial charge in [0.1, 0.15) is 5.69 Å². The molecule has 0 aliphatic carbocycles. The van der Waals surface area contributed by atoms with Gasteiger partial charge in [-0.3, -0.25) is 9.48 Å². The summed E-state index contributed by atoms with van der Waals surface area (Å²) in [6.07, 6.45) is 1.76. The van der Waals surface area contributed by atoms with Gasteiger partial charge in [0.05, 0.1) is 19.4 Å². The number of carbonyl (C=O) groups excluding carboxylic acids is 1. The SMILES string of the molecule is COc1cnn(C)c1C(=O)CC(C)OC. The third kappa shape index (κ3) is 2.56. The highest BCUT2D eigenvalue weighted by Gasteiger charge is 2.19. The average Bonchev–Trinajstić information content (AvgIpc) is 2.59. The van der Waals surface area contributed by atoms with E-state index in [0.29, 0.717) is 17.9 Å². The van der Waals surface area contributed by atoms with Crippen molar-refractivity contribution in [2.75, 3.05) is 14.2 Å². The number of carbonyl (C=O) groups is 1. The number of Topliss-reactive ketones (excluding diaryl/α,β-unsaturated/α-hetero) is 1. The maximum Gasteiger partial charge on any atom is 0.187 e. The zero-order chi connectivity index (χ0) is 11.4. The third-order valence-corrected chi connectivity index (χ3v) is 2.26. The van der Waals surface area contributed by atoms with Gasteiger partial charge in [0.25, 0.3) is 0 Å². The second kappa shape index (κ2) is 4.93. The molecule has 84 valence electrons. The fraction of sp³-hybridized carbons (Fsp3) is 0.600. The average molecular weight is 212 g/mol. The number of hydrogen-bond acceptors (Lipinski definition) is 4. The lowest BCUT2D eigenvalue weighted by Gasteiger charge is -2.09. The molecule has 1 aromatic rings. The van der Waals surface area contributed by atoms with Gasteiger partial charge in [-0.05, 0) is 6.92 Å². The van der Waals surface area contributed by atoms with Crippen molar-refractivity contribution in [3.8, 4) is 5.75 Å². The Morgan fingerprint density at radius 1 is 1.60 bits per heavy atom. The molecule has 0 aromatic carbocycles. The Hall–Kier alpha value is -1.36. The van der Waals surface area contributed by atoms with Crippen LogP contribution in [0.2, 0.25) is 0 Å². The number of aromatic nitrogens is 2. The lowest BCUT2D eigenvalue weighted by atomic mass is 10.1. The molecule has 5 heteroatoms. The molecule has 1 atom stereocenters. The Labute approximate surface area is 89.0 Å². The summed E-state index contributed by atoms with van der Waals surface area (Å²) >= 11 is 0. The van der Waals surface area contributed by atoms with E-state index in [9.17, 15) is 4.79 Å². The zero-order valence-electron chi connectivity index (χ0n) is 9.48. The molecular weight excluding hydrogens is 196 g/mol. The van der Waals surface area contributed by atoms with E-state index in [4.69, 9.17) is 9.47 Å². The Bertz CT molecular complexity index is 346. The molecular formula is C10H16N2O3. The molecule has 15 heavy (non-hydrogen) atoms. The zero-order valence-corrected chi connectivity index (χ0v) is 9.48. The van der Waals surface area contributed by atoms with Crippen LogP contribution in [0.25, 0.3) is 0 Å². The lowest BCUT2D eigenvalue weighted by molar-refractivity contribution is 0.0781. The van der Waals surface area contributed by atoms with E-state index in [2.05, 4.69) is 5.10 Å². The molecule has 1 rings (SSSR count). The second-order valence-corrected chi connectivity index (χ2v) is 3.36. The van der Waals surface area contributed by atoms with Gasteiger partial charge in [-0.2, -0.15) is 5.10 Å². The van der Waals surface area contributed by atoms with Crippen molar-refractivity contribution >= 4 is 5.78 Å². The Kier molecular flexibility index (Phi) is 3.85. The molecule has 0 bridgehead atoms. The van der Waals surface area contributed by atoms with Crippen molar-refractivity contribution in [3.63, 3.8) is 0 Å². The first-order valence-electron chi connectivity index (χ1n) is 4.72. The molecule has 0 spiro atoms. The number of rotatable bonds is 5. The smallest absolute Gasteiger partial charge is 0.187 e. The van der Waals surface area contributed by atoms with Crippen molar-refractivity contribution in [3.05, 3.63) is 11.9 Å². The predicted octanol–water partition coefficient (Wildman–Crippen LogP) is 1.04. The third-order valence-electron chi connectivity index (χ3n) is 2.26. The highest BCUT2D eigenvalue weighted by atomic mass is 16.5. The number of aryl methyl sites for hydroxylation is 1. The lowest BCUT2D eigenvalue weighted by Crippen LogP contribution is -2.15. The molecule has 0 radical (unpaired) electrons. The van der Waals surface area contributed by atoms with Crippen LogP contribution in [0, 0.1) is 0 Å². The van der Waals surface area contributed by atoms with Crippen molar-refractivity contribution in [1.29, 1.82) is 0 Å². The quantitative estimate of drug-likeness (QED) is 0.684. The topological polar surface area (TPSA) is 53.4 Å². The van der Waals surface area contributed by atoms with Gasteiger partial charge in [0, 0.05) is 20.6 Å². The fourth-order valence-corrected chi connectivity index (χ4v) is 1.33. The van der Waals surface area contributed by atoms with Crippen LogP contribution in [0.15, 0.2) is 6.20 Å². The van der Waals surface area contributed by atoms with Gasteiger partial charge in [0.2, 0.25) is 0 Å². The van der Waals surface area contributed by atoms with E-state index in [1.54, 1.807) is 14.2 Å². The van der Waals surface area contributed by atoms with E-state index in [-0.39, 0.29) is 11.9 Å². The van der Waals surface area contributed by atoms with E-state index < -0.39 is 0 Å². The minimum Gasteiger partial charge on any atom is -0.493 e. The van der Waals surface area contributed by atoms with Crippen LogP contribution in [0.3, 0.4) is 0 Å². The number of hydrogen-bond donors (Lipinski definition) is 0. The fourth-order valence-electron chi connectivity index (χ4n) is 1.33. The molecule has 0 aliphatic heterocycles. The summed E-state index contributed by atoms with van der Waals surface area (Å²) in [4.78, 5) is 11.9. The number of ketones is 1. The van der Waals surface area contributed by atoms with Crippen LogP contribution in [-0.4, -0.2) is 35.9 Å². The highest BCUT2D eigenvalue weighted by molar-refractivity contribution is 5.97. The summed E-state index contributed by atoms with van der Waals surface area (Å²) < 4.78 is 11.6. The number of ether oxygens (including phenoxy) is 2. The van der Waals surface area contributed by atoms with Gasteiger partial charge in [-0.1, -0.05) is 0 Å². The summed E-state index contributed by atoms with van der Waals surface area (Å²) in [5, 5.41) is 3.97.